The van der Waals surface area contributed by atoms with Crippen LogP contribution in [0.1, 0.15) is 36.0 Å². The van der Waals surface area contributed by atoms with Crippen molar-refractivity contribution < 1.29 is 22.5 Å². The van der Waals surface area contributed by atoms with Crippen LogP contribution in [0.15, 0.2) is 28.8 Å². The van der Waals surface area contributed by atoms with Gasteiger partial charge in [0, 0.05) is 18.8 Å². The maximum absolute atomic E-state index is 12.6. The molecule has 2 aromatic rings. The molecule has 6 nitrogen and oxygen atoms in total. The van der Waals surface area contributed by atoms with Gasteiger partial charge in [-0.15, -0.1) is 0 Å². The Hall–Kier alpha value is -2.58. The molecule has 134 valence electrons. The fraction of sp³-hybridized carbons (Fsp3) is 0.438. The van der Waals surface area contributed by atoms with Crippen LogP contribution in [-0.4, -0.2) is 34.2 Å². The van der Waals surface area contributed by atoms with Crippen LogP contribution in [-0.2, 0) is 6.18 Å². The van der Waals surface area contributed by atoms with E-state index in [1.165, 1.54) is 12.1 Å². The largest absolute Gasteiger partial charge is 0.416 e. The standard InChI is InChI=1S/C16H17F3N4O2/c1-10-20-14(25-22-10)11-3-2-8-23(9-11)15(24)21-13-6-4-12(5-7-13)16(17,18)19/h4-7,11H,2-3,8-9H2,1H3,(H,21,24)/t11-/m1/s1. The molecule has 1 fully saturated rings. The summed E-state index contributed by atoms with van der Waals surface area (Å²) in [6.07, 6.45) is -2.77. The minimum absolute atomic E-state index is 0.0340. The highest BCUT2D eigenvalue weighted by molar-refractivity contribution is 5.89. The fourth-order valence-corrected chi connectivity index (χ4v) is 2.79. The Morgan fingerprint density at radius 1 is 1.32 bits per heavy atom. The topological polar surface area (TPSA) is 71.3 Å². The Kier molecular flexibility index (Phi) is 4.65. The number of hydrogen-bond donors (Lipinski definition) is 1. The fourth-order valence-electron chi connectivity index (χ4n) is 2.79. The van der Waals surface area contributed by atoms with Gasteiger partial charge in [-0.3, -0.25) is 0 Å². The van der Waals surface area contributed by atoms with Crippen LogP contribution >= 0.6 is 0 Å². The number of nitrogens with one attached hydrogen (secondary N) is 1. The van der Waals surface area contributed by atoms with Gasteiger partial charge in [0.15, 0.2) is 5.82 Å². The molecule has 1 N–H and O–H groups in total. The zero-order valence-corrected chi connectivity index (χ0v) is 13.5. The number of benzene rings is 1. The predicted octanol–water partition coefficient (Wildman–Crippen LogP) is 3.81. The van der Waals surface area contributed by atoms with Crippen LogP contribution in [0.2, 0.25) is 0 Å². The number of nitrogens with zero attached hydrogens (tertiary/aromatic N) is 3. The summed E-state index contributed by atoms with van der Waals surface area (Å²) in [5.74, 6) is 1.01. The molecule has 9 heteroatoms. The van der Waals surface area contributed by atoms with Crippen molar-refractivity contribution in [2.45, 2.75) is 31.9 Å². The summed E-state index contributed by atoms with van der Waals surface area (Å²) in [5, 5.41) is 6.38. The quantitative estimate of drug-likeness (QED) is 0.890. The first-order valence-corrected chi connectivity index (χ1v) is 7.86. The molecule has 0 spiro atoms. The molecule has 1 atom stereocenters. The van der Waals surface area contributed by atoms with Crippen LogP contribution in [0, 0.1) is 6.92 Å². The molecule has 0 saturated carbocycles. The van der Waals surface area contributed by atoms with Crippen molar-refractivity contribution in [3.8, 4) is 0 Å². The number of aryl methyl sites for hydroxylation is 1. The Balaban J connectivity index is 1.62. The van der Waals surface area contributed by atoms with Gasteiger partial charge in [0.05, 0.1) is 11.5 Å². The molecule has 0 aliphatic carbocycles. The van der Waals surface area contributed by atoms with E-state index < -0.39 is 11.7 Å². The zero-order valence-electron chi connectivity index (χ0n) is 13.5. The van der Waals surface area contributed by atoms with Crippen molar-refractivity contribution >= 4 is 11.7 Å². The smallest absolute Gasteiger partial charge is 0.339 e. The number of amides is 2. The van der Waals surface area contributed by atoms with Crippen molar-refractivity contribution in [1.29, 1.82) is 0 Å². The molecule has 25 heavy (non-hydrogen) atoms. The Bertz CT molecular complexity index is 743. The van der Waals surface area contributed by atoms with Gasteiger partial charge in [-0.1, -0.05) is 5.16 Å². The van der Waals surface area contributed by atoms with Crippen LogP contribution in [0.25, 0.3) is 0 Å². The number of piperidine rings is 1. The number of alkyl halides is 3. The first kappa shape index (κ1) is 17.2. The molecule has 1 aliphatic heterocycles. The number of carbonyl (C=O) groups is 1. The molecular formula is C16H17F3N4O2. The number of urea groups is 1. The van der Waals surface area contributed by atoms with Crippen LogP contribution in [0.3, 0.4) is 0 Å². The van der Waals surface area contributed by atoms with Gasteiger partial charge in [-0.05, 0) is 44.0 Å². The summed E-state index contributed by atoms with van der Waals surface area (Å²) < 4.78 is 42.9. The minimum atomic E-state index is -4.40. The van der Waals surface area contributed by atoms with Gasteiger partial charge in [0.25, 0.3) is 0 Å². The molecule has 1 aliphatic rings. The molecule has 0 unspecified atom stereocenters. The molecule has 0 radical (unpaired) electrons. The summed E-state index contributed by atoms with van der Waals surface area (Å²) in [6.45, 7) is 2.72. The van der Waals surface area contributed by atoms with Crippen molar-refractivity contribution in [3.05, 3.63) is 41.5 Å². The molecule has 2 heterocycles. The van der Waals surface area contributed by atoms with E-state index in [1.807, 2.05) is 0 Å². The highest BCUT2D eigenvalue weighted by Crippen LogP contribution is 2.30. The second-order valence-electron chi connectivity index (χ2n) is 5.97. The van der Waals surface area contributed by atoms with Gasteiger partial charge in [-0.25, -0.2) is 4.79 Å². The van der Waals surface area contributed by atoms with E-state index >= 15 is 0 Å². The predicted molar refractivity (Wildman–Crippen MR) is 83.0 cm³/mol. The number of likely N-dealkylation sites (tertiary alicyclic amines) is 1. The van der Waals surface area contributed by atoms with Gasteiger partial charge >= 0.3 is 12.2 Å². The number of halogens is 3. The summed E-state index contributed by atoms with van der Waals surface area (Å²) >= 11 is 0. The molecule has 1 saturated heterocycles. The van der Waals surface area contributed by atoms with E-state index in [-0.39, 0.29) is 11.9 Å². The third kappa shape index (κ3) is 4.09. The third-order valence-corrected chi connectivity index (χ3v) is 4.06. The first-order valence-electron chi connectivity index (χ1n) is 7.86. The number of aromatic nitrogens is 2. The summed E-state index contributed by atoms with van der Waals surface area (Å²) in [6, 6.07) is 4.00. The molecule has 3 rings (SSSR count). The van der Waals surface area contributed by atoms with Crippen LogP contribution < -0.4 is 5.32 Å². The minimum Gasteiger partial charge on any atom is -0.339 e. The highest BCUT2D eigenvalue weighted by atomic mass is 19.4. The molecule has 2 amide bonds. The lowest BCUT2D eigenvalue weighted by Gasteiger charge is -2.31. The average molecular weight is 354 g/mol. The highest BCUT2D eigenvalue weighted by Gasteiger charge is 2.31. The van der Waals surface area contributed by atoms with E-state index in [9.17, 15) is 18.0 Å². The molecule has 1 aromatic carbocycles. The van der Waals surface area contributed by atoms with Crippen LogP contribution in [0.4, 0.5) is 23.7 Å². The van der Waals surface area contributed by atoms with E-state index in [2.05, 4.69) is 15.5 Å². The number of anilines is 1. The van der Waals surface area contributed by atoms with E-state index in [4.69, 9.17) is 4.52 Å². The molecule has 1 aromatic heterocycles. The van der Waals surface area contributed by atoms with E-state index in [1.54, 1.807) is 11.8 Å². The number of hydrogen-bond acceptors (Lipinski definition) is 4. The summed E-state index contributed by atoms with van der Waals surface area (Å²) in [4.78, 5) is 18.2. The van der Waals surface area contributed by atoms with Gasteiger partial charge in [0.1, 0.15) is 0 Å². The second kappa shape index (κ2) is 6.73. The third-order valence-electron chi connectivity index (χ3n) is 4.06. The molecule has 0 bridgehead atoms. The maximum Gasteiger partial charge on any atom is 0.416 e. The van der Waals surface area contributed by atoms with Gasteiger partial charge < -0.3 is 14.7 Å². The summed E-state index contributed by atoms with van der Waals surface area (Å²) in [7, 11) is 0. The monoisotopic (exact) mass is 354 g/mol. The Morgan fingerprint density at radius 3 is 2.64 bits per heavy atom. The normalized spacial score (nSPS) is 18.2. The Labute approximate surface area is 142 Å². The van der Waals surface area contributed by atoms with Crippen molar-refractivity contribution in [2.75, 3.05) is 18.4 Å². The number of rotatable bonds is 2. The van der Waals surface area contributed by atoms with E-state index in [0.717, 1.165) is 25.0 Å². The second-order valence-corrected chi connectivity index (χ2v) is 5.97. The number of carbonyl (C=O) groups excluding carboxylic acids is 1. The Morgan fingerprint density at radius 2 is 2.04 bits per heavy atom. The lowest BCUT2D eigenvalue weighted by atomic mass is 9.98. The van der Waals surface area contributed by atoms with Crippen molar-refractivity contribution in [1.82, 2.24) is 15.0 Å². The first-order chi connectivity index (χ1) is 11.8. The lowest BCUT2D eigenvalue weighted by molar-refractivity contribution is -0.137. The van der Waals surface area contributed by atoms with Crippen molar-refractivity contribution in [3.63, 3.8) is 0 Å². The van der Waals surface area contributed by atoms with E-state index in [0.29, 0.717) is 30.5 Å². The van der Waals surface area contributed by atoms with Gasteiger partial charge in [-0.2, -0.15) is 18.2 Å². The average Bonchev–Trinajstić information content (AvgIpc) is 3.01. The maximum atomic E-state index is 12.6. The lowest BCUT2D eigenvalue weighted by Crippen LogP contribution is -2.41. The molecular weight excluding hydrogens is 337 g/mol. The van der Waals surface area contributed by atoms with Crippen molar-refractivity contribution in [2.24, 2.45) is 0 Å². The zero-order chi connectivity index (χ0) is 18.0. The summed E-state index contributed by atoms with van der Waals surface area (Å²) in [5.41, 5.74) is -0.441. The SMILES string of the molecule is Cc1noc([C@@H]2CCCN(C(=O)Nc3ccc(C(F)(F)F)cc3)C2)n1. The van der Waals surface area contributed by atoms with Crippen LogP contribution in [0.5, 0.6) is 0 Å². The van der Waals surface area contributed by atoms with Gasteiger partial charge in [0.2, 0.25) is 5.89 Å².